The smallest absolute Gasteiger partial charge is 0.189 e. The first kappa shape index (κ1) is 16.7. The molecular formula is C13H18O5S2. The van der Waals surface area contributed by atoms with Gasteiger partial charge >= 0.3 is 0 Å². The maximum absolute atomic E-state index is 12.0. The summed E-state index contributed by atoms with van der Waals surface area (Å²) in [5.74, 6) is 0.100. The summed E-state index contributed by atoms with van der Waals surface area (Å²) in [6, 6.07) is 6.49. The van der Waals surface area contributed by atoms with Crippen LogP contribution in [0, 0.1) is 0 Å². The molecule has 0 aliphatic heterocycles. The van der Waals surface area contributed by atoms with Gasteiger partial charge in [0.05, 0.1) is 18.6 Å². The molecule has 0 fully saturated rings. The van der Waals surface area contributed by atoms with Crippen LogP contribution >= 0.6 is 0 Å². The Kier molecular flexibility index (Phi) is 5.35. The van der Waals surface area contributed by atoms with Gasteiger partial charge in [-0.3, -0.25) is 0 Å². The zero-order chi connectivity index (χ0) is 15.4. The number of sulfone groups is 2. The summed E-state index contributed by atoms with van der Waals surface area (Å²) in [5.41, 5.74) is 0.495. The highest BCUT2D eigenvalue weighted by atomic mass is 32.3. The summed E-state index contributed by atoms with van der Waals surface area (Å²) in [6.07, 6.45) is 1.19. The molecule has 1 rings (SSSR count). The predicted molar refractivity (Wildman–Crippen MR) is 79.9 cm³/mol. The molecule has 20 heavy (non-hydrogen) atoms. The van der Waals surface area contributed by atoms with Crippen LogP contribution in [0.25, 0.3) is 6.08 Å². The summed E-state index contributed by atoms with van der Waals surface area (Å²) in [7, 11) is -6.09. The lowest BCUT2D eigenvalue weighted by Crippen LogP contribution is -2.17. The van der Waals surface area contributed by atoms with Gasteiger partial charge in [-0.25, -0.2) is 16.8 Å². The molecule has 112 valence electrons. The van der Waals surface area contributed by atoms with Gasteiger partial charge in [-0.15, -0.1) is 0 Å². The van der Waals surface area contributed by atoms with Gasteiger partial charge in [-0.05, 0) is 23.8 Å². The van der Waals surface area contributed by atoms with Crippen LogP contribution in [0.4, 0.5) is 0 Å². The molecule has 0 radical (unpaired) electrons. The van der Waals surface area contributed by atoms with Crippen molar-refractivity contribution in [2.45, 2.75) is 13.8 Å². The third kappa shape index (κ3) is 3.83. The van der Waals surface area contributed by atoms with E-state index in [9.17, 15) is 16.8 Å². The molecule has 0 aliphatic carbocycles. The fourth-order valence-corrected chi connectivity index (χ4v) is 4.95. The molecule has 1 aromatic rings. The van der Waals surface area contributed by atoms with Crippen molar-refractivity contribution in [2.75, 3.05) is 18.6 Å². The van der Waals surface area contributed by atoms with Crippen molar-refractivity contribution in [3.05, 3.63) is 34.1 Å². The first-order valence-corrected chi connectivity index (χ1v) is 9.38. The van der Waals surface area contributed by atoms with Crippen LogP contribution < -0.4 is 4.74 Å². The maximum atomic E-state index is 12.0. The van der Waals surface area contributed by atoms with Crippen molar-refractivity contribution in [3.8, 4) is 5.75 Å². The maximum Gasteiger partial charge on any atom is 0.189 e. The average molecular weight is 318 g/mol. The first-order valence-electron chi connectivity index (χ1n) is 6.08. The zero-order valence-corrected chi connectivity index (χ0v) is 13.3. The molecule has 0 spiro atoms. The van der Waals surface area contributed by atoms with Crippen LogP contribution in [0.2, 0.25) is 0 Å². The molecule has 0 heterocycles. The third-order valence-corrected chi connectivity index (χ3v) is 7.28. The van der Waals surface area contributed by atoms with Crippen LogP contribution in [0.5, 0.6) is 5.75 Å². The van der Waals surface area contributed by atoms with E-state index in [1.165, 1.54) is 27.0 Å². The second-order valence-corrected chi connectivity index (χ2v) is 8.80. The number of hydrogen-bond donors (Lipinski definition) is 0. The summed E-state index contributed by atoms with van der Waals surface area (Å²) >= 11 is 0. The number of benzene rings is 1. The van der Waals surface area contributed by atoms with E-state index in [4.69, 9.17) is 4.74 Å². The molecule has 0 amide bonds. The fourth-order valence-electron chi connectivity index (χ4n) is 1.49. The first-order chi connectivity index (χ1) is 9.26. The van der Waals surface area contributed by atoms with E-state index >= 15 is 0 Å². The van der Waals surface area contributed by atoms with Gasteiger partial charge in [0.2, 0.25) is 0 Å². The lowest BCUT2D eigenvalue weighted by atomic mass is 10.2. The van der Waals surface area contributed by atoms with Crippen molar-refractivity contribution in [1.82, 2.24) is 0 Å². The van der Waals surface area contributed by atoms with Crippen molar-refractivity contribution in [2.24, 2.45) is 0 Å². The Morgan fingerprint density at radius 1 is 1.00 bits per heavy atom. The lowest BCUT2D eigenvalue weighted by Gasteiger charge is -2.08. The van der Waals surface area contributed by atoms with Gasteiger partial charge in [0, 0.05) is 0 Å². The summed E-state index contributed by atoms with van der Waals surface area (Å²) in [6.45, 7) is 2.84. The van der Waals surface area contributed by atoms with E-state index in [1.54, 1.807) is 24.3 Å². The van der Waals surface area contributed by atoms with E-state index in [2.05, 4.69) is 0 Å². The molecule has 0 unspecified atom stereocenters. The Labute approximate surface area is 120 Å². The number of rotatable bonds is 6. The molecule has 5 nitrogen and oxygen atoms in total. The fraction of sp³-hybridized carbons (Fsp3) is 0.385. The second kappa shape index (κ2) is 6.41. The summed E-state index contributed by atoms with van der Waals surface area (Å²) in [5, 5.41) is 0. The van der Waals surface area contributed by atoms with Gasteiger partial charge in [0.1, 0.15) is 5.75 Å². The number of hydrogen-bond acceptors (Lipinski definition) is 5. The minimum atomic E-state index is -3.80. The minimum absolute atomic E-state index is 0.256. The molecular weight excluding hydrogens is 300 g/mol. The summed E-state index contributed by atoms with van der Waals surface area (Å²) in [4.78, 5) is 0. The normalized spacial score (nSPS) is 11.9. The second-order valence-electron chi connectivity index (χ2n) is 4.04. The molecule has 0 saturated heterocycles. The van der Waals surface area contributed by atoms with E-state index in [0.717, 1.165) is 0 Å². The van der Waals surface area contributed by atoms with Crippen LogP contribution in [0.3, 0.4) is 0 Å². The highest BCUT2D eigenvalue weighted by Crippen LogP contribution is 2.21. The summed E-state index contributed by atoms with van der Waals surface area (Å²) < 4.78 is 52.3. The highest BCUT2D eigenvalue weighted by Gasteiger charge is 2.27. The molecule has 0 bridgehead atoms. The zero-order valence-electron chi connectivity index (χ0n) is 11.7. The molecule has 1 aromatic carbocycles. The monoisotopic (exact) mass is 318 g/mol. The van der Waals surface area contributed by atoms with Gasteiger partial charge < -0.3 is 4.74 Å². The Hall–Kier alpha value is -1.34. The SMILES string of the molecule is CCS(=O)(=O)C(=Cc1ccc(OC)cc1)S(=O)(=O)CC. The van der Waals surface area contributed by atoms with Crippen LogP contribution in [-0.2, 0) is 19.7 Å². The minimum Gasteiger partial charge on any atom is -0.497 e. The Morgan fingerprint density at radius 3 is 1.80 bits per heavy atom. The van der Waals surface area contributed by atoms with Gasteiger partial charge in [-0.2, -0.15) is 0 Å². The predicted octanol–water partition coefficient (Wildman–Crippen LogP) is 1.86. The quantitative estimate of drug-likeness (QED) is 0.800. The van der Waals surface area contributed by atoms with Crippen LogP contribution in [0.1, 0.15) is 19.4 Å². The topological polar surface area (TPSA) is 77.5 Å². The Morgan fingerprint density at radius 2 is 1.45 bits per heavy atom. The average Bonchev–Trinajstić information content (AvgIpc) is 2.45. The molecule has 0 saturated carbocycles. The van der Waals surface area contributed by atoms with Crippen LogP contribution in [-0.4, -0.2) is 35.5 Å². The highest BCUT2D eigenvalue weighted by molar-refractivity contribution is 8.14. The van der Waals surface area contributed by atoms with Crippen molar-refractivity contribution in [1.29, 1.82) is 0 Å². The number of ether oxygens (including phenoxy) is 1. The van der Waals surface area contributed by atoms with Crippen LogP contribution in [0.15, 0.2) is 28.5 Å². The largest absolute Gasteiger partial charge is 0.497 e. The number of methoxy groups -OCH3 is 1. The van der Waals surface area contributed by atoms with Gasteiger partial charge in [0.15, 0.2) is 23.9 Å². The van der Waals surface area contributed by atoms with E-state index < -0.39 is 23.9 Å². The Bertz CT molecular complexity index is 647. The van der Waals surface area contributed by atoms with E-state index in [1.807, 2.05) is 0 Å². The third-order valence-electron chi connectivity index (χ3n) is 2.77. The van der Waals surface area contributed by atoms with Crippen molar-refractivity contribution < 1.29 is 21.6 Å². The van der Waals surface area contributed by atoms with Crippen molar-refractivity contribution >= 4 is 25.8 Å². The molecule has 7 heteroatoms. The molecule has 0 aromatic heterocycles. The standard InChI is InChI=1S/C13H18O5S2/c1-4-19(14,15)13(20(16,17)5-2)10-11-6-8-12(18-3)9-7-11/h6-10H,4-5H2,1-3H3. The lowest BCUT2D eigenvalue weighted by molar-refractivity contribution is 0.415. The van der Waals surface area contributed by atoms with Gasteiger partial charge in [-0.1, -0.05) is 26.0 Å². The van der Waals surface area contributed by atoms with E-state index in [0.29, 0.717) is 11.3 Å². The molecule has 0 atom stereocenters. The molecule has 0 aliphatic rings. The Balaban J connectivity index is 3.41. The van der Waals surface area contributed by atoms with E-state index in [-0.39, 0.29) is 11.5 Å². The van der Waals surface area contributed by atoms with Gasteiger partial charge in [0.25, 0.3) is 0 Å². The molecule has 0 N–H and O–H groups in total. The van der Waals surface area contributed by atoms with Crippen molar-refractivity contribution in [3.63, 3.8) is 0 Å².